The number of nitrogens with one attached hydrogen (secondary N) is 9. The van der Waals surface area contributed by atoms with Crippen molar-refractivity contribution in [3.05, 3.63) is 99.5 Å². The SMILES string of the molecule is C/C=C(\C)[C@H]1OC(=O)[C@@H](C)NC(=O)[C@H](C(C)CC)NC(=O)CN(C)C(=O)[C@@H](Cc2ccccc2)N(C)C(=O)[C@H](C)NC(=O)[C@@H](CC(C)C)OC(=O)/C(C)=C/C[C@H](OC(=O)NCCCCCCCOP(=O)(O)OP(=O)(O)OCCCCCNC(=O)OCc2ccc(NC(=O)[C@@H](CCCNC(N)=O)NC(=O)[C@H](NC(=O)CCCCCN=[N+]=[N-])C(C)C)cc2)[C@@H]1C. The van der Waals surface area contributed by atoms with Gasteiger partial charge in [-0.2, -0.15) is 4.31 Å². The van der Waals surface area contributed by atoms with E-state index in [1.807, 2.05) is 13.8 Å². The zero-order valence-electron chi connectivity index (χ0n) is 73.3. The third kappa shape index (κ3) is 42.3. The average Bonchev–Trinajstić information content (AvgIpc) is 0.888. The normalized spacial score (nSPS) is 21.1. The number of primary amides is 1. The van der Waals surface area contributed by atoms with Gasteiger partial charge in [-0.25, -0.2) is 33.1 Å². The Labute approximate surface area is 720 Å². The number of carbonyl (C=O) groups excluding carboxylic acids is 13. The number of unbranched alkanes of at least 4 members (excludes halogenated alkanes) is 8. The lowest BCUT2D eigenvalue weighted by molar-refractivity contribution is -0.155. The van der Waals surface area contributed by atoms with Crippen LogP contribution < -0.4 is 53.6 Å². The maximum absolute atomic E-state index is 14.4. The van der Waals surface area contributed by atoms with E-state index in [2.05, 4.69) is 62.2 Å². The number of carbonyl (C=O) groups is 13. The van der Waals surface area contributed by atoms with E-state index >= 15 is 0 Å². The van der Waals surface area contributed by atoms with Gasteiger partial charge in [0.15, 0.2) is 6.10 Å². The quantitative estimate of drug-likeness (QED) is 0.00430. The summed E-state index contributed by atoms with van der Waals surface area (Å²) >= 11 is 0. The molecule has 1 aliphatic rings. The zero-order valence-corrected chi connectivity index (χ0v) is 75.1. The van der Waals surface area contributed by atoms with Gasteiger partial charge in [-0.05, 0) is 151 Å². The summed E-state index contributed by atoms with van der Waals surface area (Å²) in [5.74, 6) is -8.71. The molecule has 0 saturated carbocycles. The first-order chi connectivity index (χ1) is 58.1. The molecular weight excluding hydrogens is 1640 g/mol. The Morgan fingerprint density at radius 2 is 1.32 bits per heavy atom. The second-order valence-electron chi connectivity index (χ2n) is 31.3. The maximum atomic E-state index is 14.4. The highest BCUT2D eigenvalue weighted by Gasteiger charge is 2.40. The molecule has 3 unspecified atom stereocenters. The zero-order chi connectivity index (χ0) is 91.9. The maximum Gasteiger partial charge on any atom is 0.481 e. The van der Waals surface area contributed by atoms with Crippen molar-refractivity contribution in [2.45, 2.75) is 260 Å². The number of nitrogens with two attached hydrogens (primary N) is 1. The number of cyclic esters (lactones) is 2. The summed E-state index contributed by atoms with van der Waals surface area (Å²) in [6.45, 7) is 19.3. The lowest BCUT2D eigenvalue weighted by atomic mass is 9.90. The average molecular weight is 1770 g/mol. The van der Waals surface area contributed by atoms with Gasteiger partial charge in [0.05, 0.1) is 19.8 Å². The van der Waals surface area contributed by atoms with Gasteiger partial charge < -0.3 is 92.1 Å². The highest BCUT2D eigenvalue weighted by molar-refractivity contribution is 7.61. The fourth-order valence-electron chi connectivity index (χ4n) is 12.6. The van der Waals surface area contributed by atoms with Crippen molar-refractivity contribution in [2.24, 2.45) is 34.5 Å². The van der Waals surface area contributed by atoms with Crippen LogP contribution >= 0.6 is 15.6 Å². The number of anilines is 1. The van der Waals surface area contributed by atoms with Crippen molar-refractivity contribution < 1.29 is 114 Å². The molecule has 2 aromatic carbocycles. The first-order valence-corrected chi connectivity index (χ1v) is 44.8. The van der Waals surface area contributed by atoms with E-state index in [0.29, 0.717) is 93.1 Å². The number of phosphoric ester groups is 2. The number of amides is 12. The molecule has 0 fully saturated rings. The van der Waals surface area contributed by atoms with E-state index in [4.69, 9.17) is 39.3 Å². The molecule has 3 rings (SSSR count). The lowest BCUT2D eigenvalue weighted by Gasteiger charge is -2.33. The smallest absolute Gasteiger partial charge is 0.456 e. The van der Waals surface area contributed by atoms with Crippen LogP contribution in [-0.2, 0) is 102 Å². The summed E-state index contributed by atoms with van der Waals surface area (Å²) < 4.78 is 62.9. The predicted octanol–water partition coefficient (Wildman–Crippen LogP) is 9.15. The molecule has 1 heterocycles. The van der Waals surface area contributed by atoms with Crippen LogP contribution in [0.25, 0.3) is 10.4 Å². The summed E-state index contributed by atoms with van der Waals surface area (Å²) in [6, 6.07) is 7.44. The van der Waals surface area contributed by atoms with E-state index < -0.39 is 160 Å². The fraction of sp³-hybridized carbons (Fsp3) is 0.646. The summed E-state index contributed by atoms with van der Waals surface area (Å²) in [7, 11) is -7.39. The Balaban J connectivity index is 1.55. The highest BCUT2D eigenvalue weighted by Crippen LogP contribution is 2.60. The molecule has 123 heavy (non-hydrogen) atoms. The van der Waals surface area contributed by atoms with Crippen LogP contribution in [0.15, 0.2) is 83.0 Å². The van der Waals surface area contributed by atoms with E-state index in [1.54, 1.807) is 109 Å². The van der Waals surface area contributed by atoms with Crippen molar-refractivity contribution in [2.75, 3.05) is 65.3 Å². The van der Waals surface area contributed by atoms with Gasteiger partial charge in [-0.15, -0.1) is 0 Å². The Bertz CT molecular complexity index is 3980. The molecule has 0 aliphatic carbocycles. The summed E-state index contributed by atoms with van der Waals surface area (Å²) in [4.78, 5) is 202. The predicted molar refractivity (Wildman–Crippen MR) is 456 cm³/mol. The Hall–Kier alpha value is -10.0. The van der Waals surface area contributed by atoms with E-state index in [9.17, 15) is 81.2 Å². The third-order valence-electron chi connectivity index (χ3n) is 20.1. The molecule has 1 aliphatic heterocycles. The number of ether oxygens (including phenoxy) is 4. The van der Waals surface area contributed by atoms with Crippen LogP contribution in [0.1, 0.15) is 203 Å². The highest BCUT2D eigenvalue weighted by atomic mass is 31.3. The molecular formula is C82H131N15O24P2. The number of phosphoric acid groups is 2. The number of esters is 2. The number of urea groups is 1. The summed E-state index contributed by atoms with van der Waals surface area (Å²) in [6.07, 6.45) is 3.61. The van der Waals surface area contributed by atoms with Crippen molar-refractivity contribution in [3.8, 4) is 0 Å². The molecule has 39 nitrogen and oxygen atoms in total. The van der Waals surface area contributed by atoms with Gasteiger partial charge in [-0.3, -0.25) is 47.4 Å². The van der Waals surface area contributed by atoms with Gasteiger partial charge in [0.2, 0.25) is 41.4 Å². The van der Waals surface area contributed by atoms with Crippen molar-refractivity contribution in [3.63, 3.8) is 0 Å². The minimum atomic E-state index is -5.08. The third-order valence-corrected chi connectivity index (χ3v) is 22.8. The number of alkyl carbamates (subject to hydrolysis) is 2. The van der Waals surface area contributed by atoms with Gasteiger partial charge in [0.25, 0.3) is 5.91 Å². The Morgan fingerprint density at radius 3 is 1.92 bits per heavy atom. The molecule has 0 aromatic heterocycles. The fourth-order valence-corrected chi connectivity index (χ4v) is 14.7. The second kappa shape index (κ2) is 56.7. The number of hydrogen-bond donors (Lipinski definition) is 12. The van der Waals surface area contributed by atoms with Crippen LogP contribution in [0, 0.1) is 23.7 Å². The molecule has 13 atom stereocenters. The van der Waals surface area contributed by atoms with Gasteiger partial charge in [0.1, 0.15) is 55.1 Å². The molecule has 688 valence electrons. The largest absolute Gasteiger partial charge is 0.481 e. The molecule has 0 radical (unpaired) electrons. The number of rotatable bonds is 44. The van der Waals surface area contributed by atoms with Gasteiger partial charge >= 0.3 is 45.8 Å². The first-order valence-electron chi connectivity index (χ1n) is 41.8. The molecule has 13 N–H and O–H groups in total. The van der Waals surface area contributed by atoms with Crippen molar-refractivity contribution in [1.29, 1.82) is 0 Å². The van der Waals surface area contributed by atoms with Crippen LogP contribution in [-0.4, -0.2) is 212 Å². The topological polar surface area (TPSA) is 551 Å². The second-order valence-corrected chi connectivity index (χ2v) is 34.3. The molecule has 41 heteroatoms. The number of allylic oxidation sites excluding steroid dienone is 1. The summed E-state index contributed by atoms with van der Waals surface area (Å²) in [5, 5.41) is 27.5. The number of benzene rings is 2. The Kier molecular flexibility index (Phi) is 49.4. The van der Waals surface area contributed by atoms with E-state index in [0.717, 1.165) is 4.90 Å². The lowest BCUT2D eigenvalue weighted by Crippen LogP contribution is -2.57. The van der Waals surface area contributed by atoms with Crippen LogP contribution in [0.5, 0.6) is 0 Å². The first kappa shape index (κ1) is 107. The molecule has 0 saturated heterocycles. The standard InChI is InChI=1S/C82H131N15O24P2/c1-15-54(7)70-75(103)90-59(12)79(107)120-71(55(8)16-2)57(10)65(41-36-56(9)78(106)118-66(48-52(3)4)73(101)89-58(11)76(104)97(14)64(49-60-32-23-20-24-33-60)77(105)96(13)50-68(99)94-70)119-82(110)87-43-26-18-17-19-29-46-116-122(111,112)121-123(113,114)117-47-30-22-27-42-86-81(109)115-51-61-37-39-62(40-38-61)91-72(100)63(34-31-44-85-80(83)108)92-74(102)69(53(5)6)93-67(98)35-25-21-28-45-88-95-84/h16,20,23-24,32-33,36-40,52-54,57-59,63-66,69-71H,15,17-19,21-22,25-31,34-35,41-51H2,1-14H3,(H,86,109)(H,87,110)(H,89,101)(H,90,103)(H,91,100)(H,92,102)(H,93,98)(H,94,99)(H,111,112)(H,113,114)(H3,83,85,108)/b55-16+,56-36+/t54?,57-,58-,59+,63+,64+,65-,66+,69+,70-,71+/m0/s1. The van der Waals surface area contributed by atoms with Gasteiger partial charge in [0, 0.05) is 81.6 Å². The van der Waals surface area contributed by atoms with Crippen LogP contribution in [0.3, 0.4) is 0 Å². The number of likely N-dealkylation sites (N-methyl/N-ethyl adjacent to an activating group) is 2. The van der Waals surface area contributed by atoms with Gasteiger partial charge in [-0.1, -0.05) is 140 Å². The van der Waals surface area contributed by atoms with Crippen molar-refractivity contribution in [1.82, 2.24) is 52.3 Å². The van der Waals surface area contributed by atoms with E-state index in [1.165, 1.54) is 45.8 Å². The Morgan fingerprint density at radius 1 is 0.724 bits per heavy atom. The molecule has 0 spiro atoms. The minimum absolute atomic E-state index is 0.00986. The molecule has 12 amide bonds. The number of azide groups is 1. The molecule has 2 aromatic rings. The minimum Gasteiger partial charge on any atom is -0.456 e. The number of nitrogens with zero attached hydrogens (tertiary/aromatic N) is 5. The van der Waals surface area contributed by atoms with Crippen molar-refractivity contribution >= 4 is 98.7 Å². The van der Waals surface area contributed by atoms with Crippen LogP contribution in [0.2, 0.25) is 0 Å². The number of hydrogen-bond acceptors (Lipinski definition) is 23. The molecule has 0 bridgehead atoms. The monoisotopic (exact) mass is 1770 g/mol. The summed E-state index contributed by atoms with van der Waals surface area (Å²) in [5.41, 5.74) is 15.8. The van der Waals surface area contributed by atoms with E-state index in [-0.39, 0.29) is 114 Å². The van der Waals surface area contributed by atoms with Crippen LogP contribution in [0.4, 0.5) is 20.1 Å².